The minimum absolute atomic E-state index is 0.0452. The van der Waals surface area contributed by atoms with E-state index in [2.05, 4.69) is 11.4 Å². The highest BCUT2D eigenvalue weighted by Crippen LogP contribution is 2.48. The van der Waals surface area contributed by atoms with Crippen molar-refractivity contribution < 1.29 is 14.7 Å². The molecule has 0 saturated heterocycles. The largest absolute Gasteiger partial charge is 0.550 e. The van der Waals surface area contributed by atoms with E-state index in [0.717, 1.165) is 31.2 Å². The summed E-state index contributed by atoms with van der Waals surface area (Å²) in [5.41, 5.74) is 1.64. The van der Waals surface area contributed by atoms with Gasteiger partial charge in [0.1, 0.15) is 11.1 Å². The Morgan fingerprint density at radius 2 is 1.88 bits per heavy atom. The van der Waals surface area contributed by atoms with Gasteiger partial charge in [-0.15, -0.1) is 11.3 Å². The molecule has 1 N–H and O–H groups in total. The van der Waals surface area contributed by atoms with Crippen molar-refractivity contribution in [3.05, 3.63) is 28.2 Å². The fourth-order valence-corrected chi connectivity index (χ4v) is 5.89. The first kappa shape index (κ1) is 16.3. The van der Waals surface area contributed by atoms with Gasteiger partial charge in [-0.3, -0.25) is 4.79 Å². The molecule has 1 fully saturated rings. The first-order valence-electron chi connectivity index (χ1n) is 8.85. The second kappa shape index (κ2) is 6.30. The maximum absolute atomic E-state index is 12.8. The number of hydrogen-bond donors (Lipinski definition) is 1. The fourth-order valence-electron chi connectivity index (χ4n) is 4.65. The first-order valence-corrected chi connectivity index (χ1v) is 9.66. The van der Waals surface area contributed by atoms with Gasteiger partial charge in [0, 0.05) is 16.8 Å². The van der Waals surface area contributed by atoms with Gasteiger partial charge >= 0.3 is 0 Å². The molecule has 1 saturated carbocycles. The van der Waals surface area contributed by atoms with Crippen molar-refractivity contribution in [3.63, 3.8) is 0 Å². The lowest BCUT2D eigenvalue weighted by atomic mass is 9.82. The number of carboxylic acid groups (broad SMARTS) is 1. The molecule has 1 aromatic rings. The zero-order valence-electron chi connectivity index (χ0n) is 13.8. The van der Waals surface area contributed by atoms with E-state index < -0.39 is 17.8 Å². The summed E-state index contributed by atoms with van der Waals surface area (Å²) < 4.78 is 0. The van der Waals surface area contributed by atoms with E-state index in [4.69, 9.17) is 0 Å². The second-order valence-electron chi connectivity index (χ2n) is 7.19. The van der Waals surface area contributed by atoms with Crippen LogP contribution in [0, 0.1) is 35.0 Å². The third kappa shape index (κ3) is 2.67. The van der Waals surface area contributed by atoms with Crippen LogP contribution in [-0.2, 0) is 22.4 Å². The number of hydrogen-bond acceptors (Lipinski definition) is 5. The van der Waals surface area contributed by atoms with Gasteiger partial charge in [-0.25, -0.2) is 0 Å². The van der Waals surface area contributed by atoms with Crippen LogP contribution in [0.1, 0.15) is 41.7 Å². The maximum Gasteiger partial charge on any atom is 0.229 e. The number of fused-ring (bicyclic) bond motifs is 3. The number of anilines is 1. The lowest BCUT2D eigenvalue weighted by Crippen LogP contribution is -2.42. The van der Waals surface area contributed by atoms with Crippen molar-refractivity contribution >= 4 is 28.2 Å². The molecule has 6 heteroatoms. The minimum Gasteiger partial charge on any atom is -0.550 e. The maximum atomic E-state index is 12.8. The van der Waals surface area contributed by atoms with Crippen LogP contribution in [0.2, 0.25) is 0 Å². The van der Waals surface area contributed by atoms with Gasteiger partial charge < -0.3 is 15.2 Å². The lowest BCUT2D eigenvalue weighted by molar-refractivity contribution is -0.313. The van der Waals surface area contributed by atoms with Gasteiger partial charge in [0.2, 0.25) is 5.91 Å². The molecule has 0 unspecified atom stereocenters. The van der Waals surface area contributed by atoms with Crippen molar-refractivity contribution in [1.82, 2.24) is 0 Å². The van der Waals surface area contributed by atoms with Crippen molar-refractivity contribution in [3.8, 4) is 6.07 Å². The van der Waals surface area contributed by atoms with Crippen molar-refractivity contribution in [1.29, 1.82) is 5.26 Å². The Kier molecular flexibility index (Phi) is 4.12. The summed E-state index contributed by atoms with van der Waals surface area (Å²) in [6, 6.07) is 2.25. The normalized spacial score (nSPS) is 29.7. The van der Waals surface area contributed by atoms with Crippen LogP contribution in [0.15, 0.2) is 12.2 Å². The smallest absolute Gasteiger partial charge is 0.229 e. The number of nitrogens with zero attached hydrogens (tertiary/aromatic N) is 1. The predicted molar refractivity (Wildman–Crippen MR) is 91.6 cm³/mol. The molecule has 0 spiro atoms. The third-order valence-corrected chi connectivity index (χ3v) is 7.01. The van der Waals surface area contributed by atoms with E-state index in [1.165, 1.54) is 22.6 Å². The summed E-state index contributed by atoms with van der Waals surface area (Å²) in [6.07, 6.45) is 9.70. The Balaban J connectivity index is 1.60. The summed E-state index contributed by atoms with van der Waals surface area (Å²) in [6.45, 7) is 0. The molecule has 3 aliphatic carbocycles. The molecule has 0 aromatic carbocycles. The molecule has 5 nitrogen and oxygen atoms in total. The molecule has 0 aliphatic heterocycles. The summed E-state index contributed by atoms with van der Waals surface area (Å²) in [5, 5.41) is 24.5. The number of aryl methyl sites for hydroxylation is 1. The van der Waals surface area contributed by atoms with Crippen LogP contribution >= 0.6 is 11.3 Å². The summed E-state index contributed by atoms with van der Waals surface area (Å²) in [4.78, 5) is 25.5. The lowest BCUT2D eigenvalue weighted by Gasteiger charge is -2.27. The number of amides is 1. The van der Waals surface area contributed by atoms with Crippen LogP contribution in [0.3, 0.4) is 0 Å². The van der Waals surface area contributed by atoms with Gasteiger partial charge in [0.15, 0.2) is 0 Å². The van der Waals surface area contributed by atoms with E-state index in [-0.39, 0.29) is 17.7 Å². The van der Waals surface area contributed by atoms with Gasteiger partial charge in [-0.05, 0) is 49.5 Å². The molecular formula is C19H19N2O3S-. The zero-order valence-corrected chi connectivity index (χ0v) is 14.6. The SMILES string of the molecule is N#Cc1c(NC(=O)[C@@H]2[C@H](C(=O)[O-])[C@H]3C=C[C@@H]2C3)sc2c1CCCCC2. The Morgan fingerprint density at radius 1 is 1.16 bits per heavy atom. The topological polar surface area (TPSA) is 93.0 Å². The Morgan fingerprint density at radius 3 is 2.60 bits per heavy atom. The number of allylic oxidation sites excluding steroid dienone is 2. The van der Waals surface area contributed by atoms with Crippen LogP contribution in [0.5, 0.6) is 0 Å². The number of carboxylic acids is 1. The highest BCUT2D eigenvalue weighted by Gasteiger charge is 2.48. The molecule has 1 aromatic heterocycles. The average Bonchev–Trinajstić information content (AvgIpc) is 3.23. The van der Waals surface area contributed by atoms with E-state index >= 15 is 0 Å². The summed E-state index contributed by atoms with van der Waals surface area (Å²) in [7, 11) is 0. The van der Waals surface area contributed by atoms with Crippen LogP contribution in [-0.4, -0.2) is 11.9 Å². The highest BCUT2D eigenvalue weighted by molar-refractivity contribution is 7.16. The zero-order chi connectivity index (χ0) is 17.6. The van der Waals surface area contributed by atoms with Gasteiger partial charge in [0.25, 0.3) is 0 Å². The van der Waals surface area contributed by atoms with Crippen LogP contribution < -0.4 is 10.4 Å². The Hall–Kier alpha value is -2.13. The van der Waals surface area contributed by atoms with Crippen molar-refractivity contribution in [2.24, 2.45) is 23.7 Å². The molecule has 0 radical (unpaired) electrons. The Bertz CT molecular complexity index is 804. The number of thiophene rings is 1. The predicted octanol–water partition coefficient (Wildman–Crippen LogP) is 2.02. The van der Waals surface area contributed by atoms with Crippen molar-refractivity contribution in [2.75, 3.05) is 5.32 Å². The van der Waals surface area contributed by atoms with Crippen LogP contribution in [0.4, 0.5) is 5.00 Å². The molecule has 1 amide bonds. The van der Waals surface area contributed by atoms with E-state index in [1.807, 2.05) is 12.2 Å². The van der Waals surface area contributed by atoms with E-state index in [0.29, 0.717) is 17.0 Å². The third-order valence-electron chi connectivity index (χ3n) is 5.80. The number of carbonyl (C=O) groups excluding carboxylic acids is 2. The highest BCUT2D eigenvalue weighted by atomic mass is 32.1. The average molecular weight is 355 g/mol. The number of rotatable bonds is 3. The molecule has 2 bridgehead atoms. The fraction of sp³-hybridized carbons (Fsp3) is 0.526. The number of carbonyl (C=O) groups is 2. The number of nitrogens with one attached hydrogen (secondary N) is 1. The molecule has 1 heterocycles. The monoisotopic (exact) mass is 355 g/mol. The van der Waals surface area contributed by atoms with Gasteiger partial charge in [-0.2, -0.15) is 5.26 Å². The number of nitriles is 1. The van der Waals surface area contributed by atoms with Gasteiger partial charge in [0.05, 0.1) is 11.5 Å². The van der Waals surface area contributed by atoms with E-state index in [1.54, 1.807) is 0 Å². The molecule has 4 rings (SSSR count). The standard InChI is InChI=1S/C19H20N2O3S/c20-9-13-12-4-2-1-3-5-14(12)25-18(13)21-17(22)15-10-6-7-11(8-10)16(15)19(23)24/h6-7,10-11,15-16H,1-5,8H2,(H,21,22)(H,23,24)/p-1/t10-,11+,15+,16-/m1/s1. The molecule has 4 atom stereocenters. The summed E-state index contributed by atoms with van der Waals surface area (Å²) >= 11 is 1.48. The number of aliphatic carboxylic acids is 1. The molecule has 3 aliphatic rings. The molecular weight excluding hydrogens is 336 g/mol. The minimum atomic E-state index is -1.15. The molecule has 130 valence electrons. The van der Waals surface area contributed by atoms with Crippen molar-refractivity contribution in [2.45, 2.75) is 38.5 Å². The molecule has 25 heavy (non-hydrogen) atoms. The quantitative estimate of drug-likeness (QED) is 0.663. The van der Waals surface area contributed by atoms with Gasteiger partial charge in [-0.1, -0.05) is 18.6 Å². The van der Waals surface area contributed by atoms with Crippen LogP contribution in [0.25, 0.3) is 0 Å². The second-order valence-corrected chi connectivity index (χ2v) is 8.29. The Labute approximate surface area is 150 Å². The summed E-state index contributed by atoms with van der Waals surface area (Å²) in [5.74, 6) is -2.97. The van der Waals surface area contributed by atoms with E-state index in [9.17, 15) is 20.0 Å². The first-order chi connectivity index (χ1) is 12.1.